The predicted molar refractivity (Wildman–Crippen MR) is 96.7 cm³/mol. The predicted octanol–water partition coefficient (Wildman–Crippen LogP) is -3.67. The highest BCUT2D eigenvalue weighted by Gasteiger charge is 2.26. The molecule has 0 aliphatic rings. The van der Waals surface area contributed by atoms with Crippen molar-refractivity contribution >= 4 is 47.3 Å². The van der Waals surface area contributed by atoms with Gasteiger partial charge in [0.05, 0.1) is 5.25 Å². The lowest BCUT2D eigenvalue weighted by atomic mass is 10.1. The van der Waals surface area contributed by atoms with Crippen LogP contribution in [0.2, 0.25) is 0 Å². The number of nitrogens with one attached hydrogen (secondary N) is 2. The van der Waals surface area contributed by atoms with Gasteiger partial charge in [-0.15, -0.1) is 11.8 Å². The summed E-state index contributed by atoms with van der Waals surface area (Å²) in [6, 6.07) is -2.54. The smallest absolute Gasteiger partial charge is 0.322 e. The number of primary amides is 2. The van der Waals surface area contributed by atoms with Crippen molar-refractivity contribution in [2.45, 2.75) is 36.6 Å². The lowest BCUT2D eigenvalue weighted by Gasteiger charge is -2.20. The zero-order chi connectivity index (χ0) is 21.9. The van der Waals surface area contributed by atoms with Crippen molar-refractivity contribution in [1.82, 2.24) is 10.6 Å². The van der Waals surface area contributed by atoms with Gasteiger partial charge in [-0.3, -0.25) is 28.8 Å². The molecule has 4 amide bonds. The van der Waals surface area contributed by atoms with E-state index in [0.29, 0.717) is 0 Å². The Labute approximate surface area is 163 Å². The van der Waals surface area contributed by atoms with Gasteiger partial charge in [0.25, 0.3) is 0 Å². The normalized spacial score (nSPS) is 13.6. The van der Waals surface area contributed by atoms with Crippen LogP contribution in [0.15, 0.2) is 0 Å². The molecule has 14 heteroatoms. The number of carbonyl (C=O) groups is 6. The Hall–Kier alpha value is -2.87. The van der Waals surface area contributed by atoms with Crippen molar-refractivity contribution in [2.24, 2.45) is 17.2 Å². The third-order valence-corrected chi connectivity index (χ3v) is 4.56. The van der Waals surface area contributed by atoms with E-state index in [2.05, 4.69) is 10.6 Å². The molecular weight excluding hydrogens is 398 g/mol. The first-order valence-corrected chi connectivity index (χ1v) is 8.95. The summed E-state index contributed by atoms with van der Waals surface area (Å²) in [4.78, 5) is 67.6. The van der Waals surface area contributed by atoms with Gasteiger partial charge in [-0.25, -0.2) is 0 Å². The first-order valence-electron chi connectivity index (χ1n) is 7.90. The van der Waals surface area contributed by atoms with E-state index in [1.54, 1.807) is 0 Å². The van der Waals surface area contributed by atoms with Crippen molar-refractivity contribution < 1.29 is 39.0 Å². The maximum absolute atomic E-state index is 12.1. The number of carbonyl (C=O) groups excluding carboxylic acids is 4. The second-order valence-electron chi connectivity index (χ2n) is 5.61. The minimum Gasteiger partial charge on any atom is -0.480 e. The van der Waals surface area contributed by atoms with Crippen LogP contribution in [0.5, 0.6) is 0 Å². The summed E-state index contributed by atoms with van der Waals surface area (Å²) in [5.74, 6) is -6.05. The van der Waals surface area contributed by atoms with Crippen LogP contribution in [0, 0.1) is 0 Å². The molecule has 0 aliphatic heterocycles. The number of aliphatic carboxylic acids is 2. The van der Waals surface area contributed by atoms with Crippen LogP contribution in [0.25, 0.3) is 0 Å². The Bertz CT molecular complexity index is 629. The summed E-state index contributed by atoms with van der Waals surface area (Å²) < 4.78 is 0. The monoisotopic (exact) mass is 421 g/mol. The van der Waals surface area contributed by atoms with Crippen molar-refractivity contribution in [3.05, 3.63) is 0 Å². The molecule has 0 aromatic carbocycles. The fourth-order valence-electron chi connectivity index (χ4n) is 1.78. The fraction of sp³-hybridized carbons (Fsp3) is 0.571. The minimum atomic E-state index is -1.32. The Balaban J connectivity index is 4.98. The summed E-state index contributed by atoms with van der Waals surface area (Å²) in [5.41, 5.74) is 15.5. The third kappa shape index (κ3) is 11.0. The number of hydrogen-bond acceptors (Lipinski definition) is 8. The van der Waals surface area contributed by atoms with Gasteiger partial charge in [0, 0.05) is 18.6 Å². The Morgan fingerprint density at radius 3 is 2.11 bits per heavy atom. The van der Waals surface area contributed by atoms with Gasteiger partial charge in [-0.1, -0.05) is 0 Å². The van der Waals surface area contributed by atoms with Gasteiger partial charge >= 0.3 is 11.9 Å². The van der Waals surface area contributed by atoms with E-state index in [9.17, 15) is 28.8 Å². The molecule has 0 radical (unpaired) electrons. The molecule has 3 unspecified atom stereocenters. The maximum atomic E-state index is 12.1. The van der Waals surface area contributed by atoms with Crippen LogP contribution in [0.3, 0.4) is 0 Å². The lowest BCUT2D eigenvalue weighted by Crippen LogP contribution is -2.50. The van der Waals surface area contributed by atoms with Gasteiger partial charge in [0.2, 0.25) is 23.6 Å². The van der Waals surface area contributed by atoms with Gasteiger partial charge in [0.15, 0.2) is 0 Å². The van der Waals surface area contributed by atoms with Gasteiger partial charge in [-0.2, -0.15) is 0 Å². The quantitative estimate of drug-likeness (QED) is 0.145. The standard InChI is InChI=1S/C14H23N5O8S/c15-6(14(26)27)1-2-10(21)19-7(13(25)18-4-11(22)23)5-28-8(12(17)24)3-9(16)20/h6-8H,1-5,15H2,(H2,16,20)(H2,17,24)(H,18,25)(H,19,21)(H,22,23)(H,26,27). The summed E-state index contributed by atoms with van der Waals surface area (Å²) in [6.45, 7) is -0.708. The molecule has 0 saturated carbocycles. The highest BCUT2D eigenvalue weighted by atomic mass is 32.2. The summed E-state index contributed by atoms with van der Waals surface area (Å²) in [6.07, 6.45) is -0.879. The minimum absolute atomic E-state index is 0.191. The molecule has 28 heavy (non-hydrogen) atoms. The fourth-order valence-corrected chi connectivity index (χ4v) is 2.89. The van der Waals surface area contributed by atoms with Gasteiger partial charge < -0.3 is 38.0 Å². The maximum Gasteiger partial charge on any atom is 0.322 e. The van der Waals surface area contributed by atoms with Crippen molar-refractivity contribution in [3.63, 3.8) is 0 Å². The van der Waals surface area contributed by atoms with E-state index in [1.165, 1.54) is 0 Å². The van der Waals surface area contributed by atoms with Crippen LogP contribution in [0.1, 0.15) is 19.3 Å². The number of carboxylic acid groups (broad SMARTS) is 2. The van der Waals surface area contributed by atoms with E-state index in [4.69, 9.17) is 27.4 Å². The van der Waals surface area contributed by atoms with Crippen LogP contribution >= 0.6 is 11.8 Å². The van der Waals surface area contributed by atoms with Crippen LogP contribution in [0.4, 0.5) is 0 Å². The Kier molecular flexibility index (Phi) is 11.2. The molecule has 0 aromatic heterocycles. The SMILES string of the molecule is NC(=O)CC(SCC(NC(=O)CCC(N)C(=O)O)C(=O)NCC(=O)O)C(N)=O. The second-order valence-corrected chi connectivity index (χ2v) is 6.85. The zero-order valence-corrected chi connectivity index (χ0v) is 15.6. The molecule has 0 heterocycles. The van der Waals surface area contributed by atoms with E-state index >= 15 is 0 Å². The average Bonchev–Trinajstić information content (AvgIpc) is 2.58. The number of carboxylic acids is 2. The third-order valence-electron chi connectivity index (χ3n) is 3.23. The molecule has 158 valence electrons. The molecule has 0 aromatic rings. The summed E-state index contributed by atoms with van der Waals surface area (Å²) in [7, 11) is 0. The number of rotatable bonds is 14. The van der Waals surface area contributed by atoms with E-state index in [0.717, 1.165) is 11.8 Å². The lowest BCUT2D eigenvalue weighted by molar-refractivity contribution is -0.139. The summed E-state index contributed by atoms with van der Waals surface area (Å²) >= 11 is 0.783. The summed E-state index contributed by atoms with van der Waals surface area (Å²) in [5, 5.41) is 20.6. The highest BCUT2D eigenvalue weighted by Crippen LogP contribution is 2.16. The molecule has 0 saturated heterocycles. The average molecular weight is 421 g/mol. The van der Waals surface area contributed by atoms with Crippen molar-refractivity contribution in [1.29, 1.82) is 0 Å². The van der Waals surface area contributed by atoms with Crippen LogP contribution in [-0.4, -0.2) is 75.4 Å². The molecule has 10 N–H and O–H groups in total. The molecule has 3 atom stereocenters. The molecular formula is C14H23N5O8S. The van der Waals surface area contributed by atoms with E-state index in [-0.39, 0.29) is 25.0 Å². The first-order chi connectivity index (χ1) is 12.9. The molecule has 13 nitrogen and oxygen atoms in total. The van der Waals surface area contributed by atoms with Crippen LogP contribution in [-0.2, 0) is 28.8 Å². The van der Waals surface area contributed by atoms with Crippen molar-refractivity contribution in [3.8, 4) is 0 Å². The zero-order valence-electron chi connectivity index (χ0n) is 14.8. The highest BCUT2D eigenvalue weighted by molar-refractivity contribution is 8.00. The van der Waals surface area contributed by atoms with E-state index < -0.39 is 59.4 Å². The Morgan fingerprint density at radius 1 is 1.04 bits per heavy atom. The molecule has 0 aliphatic carbocycles. The van der Waals surface area contributed by atoms with Crippen molar-refractivity contribution in [2.75, 3.05) is 12.3 Å². The second kappa shape index (κ2) is 12.5. The molecule has 0 rings (SSSR count). The Morgan fingerprint density at radius 2 is 1.64 bits per heavy atom. The largest absolute Gasteiger partial charge is 0.480 e. The topological polar surface area (TPSA) is 245 Å². The van der Waals surface area contributed by atoms with E-state index in [1.807, 2.05) is 0 Å². The first kappa shape index (κ1) is 25.1. The number of nitrogens with two attached hydrogens (primary N) is 3. The van der Waals surface area contributed by atoms with Gasteiger partial charge in [0.1, 0.15) is 18.6 Å². The molecule has 0 bridgehead atoms. The number of amides is 4. The molecule has 0 spiro atoms. The molecule has 0 fully saturated rings. The number of hydrogen-bond donors (Lipinski definition) is 7. The van der Waals surface area contributed by atoms with Gasteiger partial charge in [-0.05, 0) is 6.42 Å². The number of thioether (sulfide) groups is 1. The van der Waals surface area contributed by atoms with Crippen LogP contribution < -0.4 is 27.8 Å².